The largest absolute Gasteiger partial charge is 0.375 e. The number of aromatic nitrogens is 2. The summed E-state index contributed by atoms with van der Waals surface area (Å²) >= 11 is 0. The summed E-state index contributed by atoms with van der Waals surface area (Å²) in [5.74, 6) is 0.448. The van der Waals surface area contributed by atoms with Crippen molar-refractivity contribution in [2.75, 3.05) is 31.4 Å². The number of rotatable bonds is 6. The van der Waals surface area contributed by atoms with Crippen LogP contribution < -0.4 is 10.6 Å². The van der Waals surface area contributed by atoms with Gasteiger partial charge in [-0.1, -0.05) is 6.07 Å². The number of hydrogen-bond donors (Lipinski definition) is 3. The lowest BCUT2D eigenvalue weighted by molar-refractivity contribution is -0.119. The van der Waals surface area contributed by atoms with E-state index in [9.17, 15) is 9.59 Å². The number of amides is 3. The van der Waals surface area contributed by atoms with Gasteiger partial charge in [0.15, 0.2) is 0 Å². The Kier molecular flexibility index (Phi) is 5.91. The van der Waals surface area contributed by atoms with Gasteiger partial charge in [0.05, 0.1) is 6.54 Å². The van der Waals surface area contributed by atoms with E-state index in [1.165, 1.54) is 12.0 Å². The van der Waals surface area contributed by atoms with Gasteiger partial charge in [0.2, 0.25) is 5.91 Å². The number of ether oxygens (including phenoxy) is 1. The van der Waals surface area contributed by atoms with Gasteiger partial charge in [-0.25, -0.2) is 9.78 Å². The summed E-state index contributed by atoms with van der Waals surface area (Å²) in [5, 5.41) is 5.58. The quantitative estimate of drug-likeness (QED) is 0.753. The monoisotopic (exact) mass is 331 g/mol. The molecule has 0 aliphatic carbocycles. The summed E-state index contributed by atoms with van der Waals surface area (Å²) in [4.78, 5) is 32.5. The molecule has 0 aliphatic rings. The number of urea groups is 1. The molecule has 1 heterocycles. The van der Waals surface area contributed by atoms with Crippen molar-refractivity contribution in [2.24, 2.45) is 0 Å². The first-order chi connectivity index (χ1) is 11.5. The van der Waals surface area contributed by atoms with E-state index in [4.69, 9.17) is 4.74 Å². The molecule has 24 heavy (non-hydrogen) atoms. The molecule has 2 aromatic rings. The maximum atomic E-state index is 12.3. The van der Waals surface area contributed by atoms with Crippen molar-refractivity contribution in [3.63, 3.8) is 0 Å². The summed E-state index contributed by atoms with van der Waals surface area (Å²) in [5.41, 5.74) is 2.02. The number of nitrogens with zero attached hydrogens (tertiary/aromatic N) is 2. The lowest BCUT2D eigenvalue weighted by Gasteiger charge is -2.19. The highest BCUT2D eigenvalue weighted by atomic mass is 16.5. The van der Waals surface area contributed by atoms with Crippen LogP contribution in [0.25, 0.3) is 0 Å². The predicted molar refractivity (Wildman–Crippen MR) is 90.8 cm³/mol. The Morgan fingerprint density at radius 3 is 2.62 bits per heavy atom. The van der Waals surface area contributed by atoms with Crippen LogP contribution in [0.1, 0.15) is 11.4 Å². The number of nitrogens with one attached hydrogen (secondary N) is 3. The van der Waals surface area contributed by atoms with Crippen LogP contribution >= 0.6 is 0 Å². The molecule has 0 spiro atoms. The number of imidazole rings is 1. The number of aromatic amines is 1. The van der Waals surface area contributed by atoms with Crippen molar-refractivity contribution in [2.45, 2.75) is 13.5 Å². The second kappa shape index (κ2) is 8.11. The van der Waals surface area contributed by atoms with Crippen LogP contribution in [-0.2, 0) is 16.1 Å². The van der Waals surface area contributed by atoms with Gasteiger partial charge in [0, 0.05) is 37.9 Å². The average molecular weight is 331 g/mol. The number of hydrogen-bond acceptors (Lipinski definition) is 4. The molecule has 0 saturated heterocycles. The normalized spacial score (nSPS) is 10.3. The van der Waals surface area contributed by atoms with E-state index in [1.807, 2.05) is 6.92 Å². The third-order valence-corrected chi connectivity index (χ3v) is 3.41. The Morgan fingerprint density at radius 2 is 2.00 bits per heavy atom. The van der Waals surface area contributed by atoms with Gasteiger partial charge < -0.3 is 25.3 Å². The Labute approximate surface area is 140 Å². The molecule has 0 unspecified atom stereocenters. The standard InChI is InChI=1S/C16H21N5O3/c1-11-12(19-15(22)10-24-3)5-4-6-13(11)20-16(23)21(2)9-14-17-7-8-18-14/h4-8H,9-10H2,1-3H3,(H,17,18)(H,19,22)(H,20,23). The summed E-state index contributed by atoms with van der Waals surface area (Å²) in [6.07, 6.45) is 3.34. The highest BCUT2D eigenvalue weighted by Crippen LogP contribution is 2.23. The van der Waals surface area contributed by atoms with Crippen LogP contribution in [0.3, 0.4) is 0 Å². The fourth-order valence-electron chi connectivity index (χ4n) is 2.12. The van der Waals surface area contributed by atoms with Crippen molar-refractivity contribution in [1.82, 2.24) is 14.9 Å². The van der Waals surface area contributed by atoms with Gasteiger partial charge in [-0.3, -0.25) is 4.79 Å². The van der Waals surface area contributed by atoms with Crippen LogP contribution in [0.5, 0.6) is 0 Å². The zero-order chi connectivity index (χ0) is 17.5. The lowest BCUT2D eigenvalue weighted by atomic mass is 10.1. The predicted octanol–water partition coefficient (Wildman–Crippen LogP) is 1.97. The molecule has 1 aromatic heterocycles. The maximum absolute atomic E-state index is 12.3. The molecule has 3 amide bonds. The fourth-order valence-corrected chi connectivity index (χ4v) is 2.12. The molecule has 128 valence electrons. The summed E-state index contributed by atoms with van der Waals surface area (Å²) in [7, 11) is 3.13. The van der Waals surface area contributed by atoms with Crippen LogP contribution in [0.2, 0.25) is 0 Å². The first-order valence-corrected chi connectivity index (χ1v) is 7.40. The Hall–Kier alpha value is -2.87. The minimum atomic E-state index is -0.269. The number of H-pyrrole nitrogens is 1. The molecule has 3 N–H and O–H groups in total. The molecule has 0 atom stereocenters. The Morgan fingerprint density at radius 1 is 1.29 bits per heavy atom. The molecule has 0 bridgehead atoms. The number of carbonyl (C=O) groups excluding carboxylic acids is 2. The van der Waals surface area contributed by atoms with Crippen LogP contribution in [0.15, 0.2) is 30.6 Å². The van der Waals surface area contributed by atoms with Crippen LogP contribution in [0, 0.1) is 6.92 Å². The smallest absolute Gasteiger partial charge is 0.321 e. The minimum absolute atomic E-state index is 0.0259. The van der Waals surface area contributed by atoms with E-state index in [-0.39, 0.29) is 18.5 Å². The first kappa shape index (κ1) is 17.5. The highest BCUT2D eigenvalue weighted by Gasteiger charge is 2.13. The topological polar surface area (TPSA) is 99.3 Å². The van der Waals surface area contributed by atoms with Crippen molar-refractivity contribution in [3.05, 3.63) is 42.0 Å². The number of anilines is 2. The van der Waals surface area contributed by atoms with Crippen molar-refractivity contribution >= 4 is 23.3 Å². The third kappa shape index (κ3) is 4.56. The molecular weight excluding hydrogens is 310 g/mol. The minimum Gasteiger partial charge on any atom is -0.375 e. The number of benzene rings is 1. The zero-order valence-corrected chi connectivity index (χ0v) is 13.9. The lowest BCUT2D eigenvalue weighted by Crippen LogP contribution is -2.31. The van der Waals surface area contributed by atoms with E-state index in [1.54, 1.807) is 37.6 Å². The van der Waals surface area contributed by atoms with E-state index in [0.717, 1.165) is 5.56 Å². The molecule has 2 rings (SSSR count). The van der Waals surface area contributed by atoms with Crippen LogP contribution in [0.4, 0.5) is 16.2 Å². The van der Waals surface area contributed by atoms with Gasteiger partial charge in [-0.15, -0.1) is 0 Å². The highest BCUT2D eigenvalue weighted by molar-refractivity contribution is 5.95. The Bertz CT molecular complexity index is 700. The van der Waals surface area contributed by atoms with Crippen molar-refractivity contribution in [1.29, 1.82) is 0 Å². The first-order valence-electron chi connectivity index (χ1n) is 7.40. The molecule has 0 aliphatic heterocycles. The number of carbonyl (C=O) groups is 2. The zero-order valence-electron chi connectivity index (χ0n) is 13.9. The summed E-state index contributed by atoms with van der Waals surface area (Å²) in [6.45, 7) is 2.16. The second-order valence-corrected chi connectivity index (χ2v) is 5.28. The molecule has 0 radical (unpaired) electrons. The molecule has 0 fully saturated rings. The van der Waals surface area contributed by atoms with Gasteiger partial charge in [0.25, 0.3) is 0 Å². The van der Waals surface area contributed by atoms with Crippen molar-refractivity contribution < 1.29 is 14.3 Å². The maximum Gasteiger partial charge on any atom is 0.321 e. The summed E-state index contributed by atoms with van der Waals surface area (Å²) < 4.78 is 4.79. The van der Waals surface area contributed by atoms with E-state index < -0.39 is 0 Å². The molecule has 8 nitrogen and oxygen atoms in total. The van der Waals surface area contributed by atoms with E-state index in [0.29, 0.717) is 23.7 Å². The van der Waals surface area contributed by atoms with E-state index >= 15 is 0 Å². The Balaban J connectivity index is 2.03. The van der Waals surface area contributed by atoms with Crippen LogP contribution in [-0.4, -0.2) is 47.6 Å². The molecule has 1 aromatic carbocycles. The van der Waals surface area contributed by atoms with E-state index in [2.05, 4.69) is 20.6 Å². The molecule has 0 saturated carbocycles. The van der Waals surface area contributed by atoms with Gasteiger partial charge in [-0.2, -0.15) is 0 Å². The van der Waals surface area contributed by atoms with Gasteiger partial charge >= 0.3 is 6.03 Å². The number of methoxy groups -OCH3 is 1. The molecular formula is C16H21N5O3. The fraction of sp³-hybridized carbons (Fsp3) is 0.312. The third-order valence-electron chi connectivity index (χ3n) is 3.41. The second-order valence-electron chi connectivity index (χ2n) is 5.28. The van der Waals surface area contributed by atoms with Crippen molar-refractivity contribution in [3.8, 4) is 0 Å². The average Bonchev–Trinajstić information content (AvgIpc) is 3.04. The SMILES string of the molecule is COCC(=O)Nc1cccc(NC(=O)N(C)Cc2ncc[nH]2)c1C. The summed E-state index contributed by atoms with van der Waals surface area (Å²) in [6, 6.07) is 5.04. The van der Waals surface area contributed by atoms with Gasteiger partial charge in [0.1, 0.15) is 12.4 Å². The molecule has 8 heteroatoms. The van der Waals surface area contributed by atoms with Gasteiger partial charge in [-0.05, 0) is 24.6 Å².